The molecule has 3 aromatic rings. The van der Waals surface area contributed by atoms with Crippen molar-refractivity contribution in [3.8, 4) is 17.0 Å². The lowest BCUT2D eigenvalue weighted by Crippen LogP contribution is -2.58. The number of benzene rings is 2. The van der Waals surface area contributed by atoms with Gasteiger partial charge in [0.1, 0.15) is 11.4 Å². The summed E-state index contributed by atoms with van der Waals surface area (Å²) in [6.07, 6.45) is 0.729. The highest BCUT2D eigenvalue weighted by Gasteiger charge is 2.52. The minimum absolute atomic E-state index is 0.121. The van der Waals surface area contributed by atoms with Gasteiger partial charge in [-0.1, -0.05) is 37.3 Å². The molecule has 2 aliphatic rings. The first-order chi connectivity index (χ1) is 19.0. The largest absolute Gasteiger partial charge is 0.493 e. The zero-order chi connectivity index (χ0) is 28.7. The molecule has 212 valence electrons. The van der Waals surface area contributed by atoms with Crippen LogP contribution in [-0.4, -0.2) is 53.7 Å². The van der Waals surface area contributed by atoms with Gasteiger partial charge in [-0.2, -0.15) is 0 Å². The number of halogens is 2. The lowest BCUT2D eigenvalue weighted by Gasteiger charge is -2.47. The molecule has 1 fully saturated rings. The van der Waals surface area contributed by atoms with E-state index < -0.39 is 28.9 Å². The summed E-state index contributed by atoms with van der Waals surface area (Å²) in [4.78, 5) is 17.1. The molecule has 1 saturated heterocycles. The zero-order valence-corrected chi connectivity index (χ0v) is 23.4. The maximum absolute atomic E-state index is 14.6. The highest BCUT2D eigenvalue weighted by molar-refractivity contribution is 5.94. The monoisotopic (exact) mass is 552 g/mol. The van der Waals surface area contributed by atoms with Crippen LogP contribution in [0.3, 0.4) is 0 Å². The van der Waals surface area contributed by atoms with E-state index in [0.717, 1.165) is 17.7 Å². The highest BCUT2D eigenvalue weighted by atomic mass is 19.1. The van der Waals surface area contributed by atoms with Gasteiger partial charge >= 0.3 is 6.09 Å². The van der Waals surface area contributed by atoms with Gasteiger partial charge in [0.15, 0.2) is 17.4 Å². The van der Waals surface area contributed by atoms with Crippen LogP contribution in [0.4, 0.5) is 25.1 Å². The Morgan fingerprint density at radius 2 is 1.88 bits per heavy atom. The Hall–Kier alpha value is -3.79. The number of nitrogens with zero attached hydrogens (tertiary/aromatic N) is 4. The standard InChI is InChI=1S/C30H34F2N4O4/c1-6-30-15-21(39-17-19-10-8-7-9-11-19)16-36(30)25-14-24(22-12-20(31)13-23(32)26(22)38-5)33-34-27(25)35(18-30)28(37)40-29(2,3)4/h7-14,21H,6,15-18H2,1-5H3/t21-,30+/m1/s1. The molecule has 0 saturated carbocycles. The van der Waals surface area contributed by atoms with E-state index in [9.17, 15) is 13.6 Å². The van der Waals surface area contributed by atoms with Crippen molar-refractivity contribution in [2.45, 2.75) is 64.4 Å². The summed E-state index contributed by atoms with van der Waals surface area (Å²) < 4.78 is 46.1. The normalized spacial score (nSPS) is 20.2. The number of hydrogen-bond donors (Lipinski definition) is 0. The SMILES string of the molecule is CC[C@@]12C[C@@H](OCc3ccccc3)CN1c1cc(-c3cc(F)cc(F)c3OC)nnc1N(C(=O)OC(C)(C)C)C2. The topological polar surface area (TPSA) is 77.0 Å². The van der Waals surface area contributed by atoms with Crippen LogP contribution < -0.4 is 14.5 Å². The molecule has 5 rings (SSSR count). The van der Waals surface area contributed by atoms with E-state index in [0.29, 0.717) is 44.0 Å². The third-order valence-corrected chi connectivity index (χ3v) is 7.41. The van der Waals surface area contributed by atoms with Crippen molar-refractivity contribution in [3.05, 3.63) is 65.7 Å². The molecule has 0 bridgehead atoms. The lowest BCUT2D eigenvalue weighted by atomic mass is 9.89. The van der Waals surface area contributed by atoms with Crippen LogP contribution in [0.2, 0.25) is 0 Å². The Kier molecular flexibility index (Phi) is 7.39. The van der Waals surface area contributed by atoms with Crippen LogP contribution in [0.25, 0.3) is 11.3 Å². The molecular formula is C30H34F2N4O4. The summed E-state index contributed by atoms with van der Waals surface area (Å²) in [7, 11) is 1.31. The fourth-order valence-electron chi connectivity index (χ4n) is 5.54. The molecule has 1 amide bonds. The maximum Gasteiger partial charge on any atom is 0.416 e. The van der Waals surface area contributed by atoms with Gasteiger partial charge in [0, 0.05) is 19.0 Å². The van der Waals surface area contributed by atoms with Crippen molar-refractivity contribution in [2.24, 2.45) is 0 Å². The van der Waals surface area contributed by atoms with Gasteiger partial charge < -0.3 is 19.1 Å². The fraction of sp³-hybridized carbons (Fsp3) is 0.433. The first-order valence-corrected chi connectivity index (χ1v) is 13.4. The maximum atomic E-state index is 14.6. The molecule has 0 N–H and O–H groups in total. The van der Waals surface area contributed by atoms with Gasteiger partial charge in [0.25, 0.3) is 0 Å². The summed E-state index contributed by atoms with van der Waals surface area (Å²) in [6, 6.07) is 13.6. The molecule has 0 radical (unpaired) electrons. The summed E-state index contributed by atoms with van der Waals surface area (Å²) in [6.45, 7) is 8.84. The smallest absolute Gasteiger partial charge is 0.416 e. The molecule has 40 heavy (non-hydrogen) atoms. The Bertz CT molecular complexity index is 1400. The summed E-state index contributed by atoms with van der Waals surface area (Å²) in [5.74, 6) is -1.42. The van der Waals surface area contributed by atoms with E-state index >= 15 is 0 Å². The summed E-state index contributed by atoms with van der Waals surface area (Å²) >= 11 is 0. The predicted octanol–water partition coefficient (Wildman–Crippen LogP) is 6.13. The van der Waals surface area contributed by atoms with Crippen molar-refractivity contribution in [1.82, 2.24) is 10.2 Å². The minimum atomic E-state index is -0.842. The third-order valence-electron chi connectivity index (χ3n) is 7.41. The van der Waals surface area contributed by atoms with Gasteiger partial charge in [0.2, 0.25) is 0 Å². The average molecular weight is 553 g/mol. The first kappa shape index (κ1) is 27.8. The number of amides is 1. The number of ether oxygens (including phenoxy) is 3. The molecule has 10 heteroatoms. The molecule has 8 nitrogen and oxygen atoms in total. The zero-order valence-electron chi connectivity index (χ0n) is 23.4. The van der Waals surface area contributed by atoms with Crippen LogP contribution in [0.1, 0.15) is 46.1 Å². The second-order valence-corrected chi connectivity index (χ2v) is 11.3. The van der Waals surface area contributed by atoms with Crippen molar-refractivity contribution >= 4 is 17.6 Å². The van der Waals surface area contributed by atoms with E-state index in [-0.39, 0.29) is 23.1 Å². The van der Waals surface area contributed by atoms with Crippen LogP contribution in [0, 0.1) is 11.6 Å². The van der Waals surface area contributed by atoms with Gasteiger partial charge in [-0.05, 0) is 44.9 Å². The molecule has 2 aliphatic heterocycles. The number of hydrogen-bond acceptors (Lipinski definition) is 7. The van der Waals surface area contributed by atoms with Crippen LogP contribution >= 0.6 is 0 Å². The van der Waals surface area contributed by atoms with Gasteiger partial charge in [-0.15, -0.1) is 10.2 Å². The number of carbonyl (C=O) groups is 1. The molecule has 0 aliphatic carbocycles. The average Bonchev–Trinajstić information content (AvgIpc) is 3.30. The fourth-order valence-corrected chi connectivity index (χ4v) is 5.54. The Balaban J connectivity index is 1.57. The quantitative estimate of drug-likeness (QED) is 0.364. The molecule has 1 aromatic heterocycles. The van der Waals surface area contributed by atoms with E-state index in [1.165, 1.54) is 12.0 Å². The van der Waals surface area contributed by atoms with Gasteiger partial charge in [-0.25, -0.2) is 13.6 Å². The molecule has 2 atom stereocenters. The van der Waals surface area contributed by atoms with Gasteiger partial charge in [0.05, 0.1) is 48.8 Å². The molecular weight excluding hydrogens is 518 g/mol. The summed E-state index contributed by atoms with van der Waals surface area (Å²) in [5, 5.41) is 8.67. The molecule has 3 heterocycles. The number of anilines is 2. The minimum Gasteiger partial charge on any atom is -0.493 e. The van der Waals surface area contributed by atoms with Crippen LogP contribution in [0.5, 0.6) is 5.75 Å². The Labute approximate surface area is 232 Å². The predicted molar refractivity (Wildman–Crippen MR) is 148 cm³/mol. The second-order valence-electron chi connectivity index (χ2n) is 11.3. The molecule has 0 spiro atoms. The molecule has 2 aromatic carbocycles. The number of carbonyl (C=O) groups excluding carboxylic acids is 1. The Morgan fingerprint density at radius 3 is 2.55 bits per heavy atom. The molecule has 0 unspecified atom stereocenters. The number of rotatable bonds is 6. The first-order valence-electron chi connectivity index (χ1n) is 13.4. The van der Waals surface area contributed by atoms with E-state index in [1.54, 1.807) is 26.8 Å². The van der Waals surface area contributed by atoms with Crippen LogP contribution in [0.15, 0.2) is 48.5 Å². The summed E-state index contributed by atoms with van der Waals surface area (Å²) in [5.41, 5.74) is 0.845. The van der Waals surface area contributed by atoms with E-state index in [1.807, 2.05) is 30.3 Å². The number of aromatic nitrogens is 2. The van der Waals surface area contributed by atoms with E-state index in [2.05, 4.69) is 22.0 Å². The second kappa shape index (κ2) is 10.6. The third kappa shape index (κ3) is 5.32. The Morgan fingerprint density at radius 1 is 1.12 bits per heavy atom. The van der Waals surface area contributed by atoms with Gasteiger partial charge in [-0.3, -0.25) is 4.90 Å². The number of fused-ring (bicyclic) bond motifs is 3. The van der Waals surface area contributed by atoms with Crippen molar-refractivity contribution in [2.75, 3.05) is 30.0 Å². The van der Waals surface area contributed by atoms with Crippen molar-refractivity contribution in [1.29, 1.82) is 0 Å². The lowest BCUT2D eigenvalue weighted by molar-refractivity contribution is 0.0473. The van der Waals surface area contributed by atoms with Crippen LogP contribution in [-0.2, 0) is 16.1 Å². The van der Waals surface area contributed by atoms with Crippen molar-refractivity contribution in [3.63, 3.8) is 0 Å². The number of methoxy groups -OCH3 is 1. The van der Waals surface area contributed by atoms with E-state index in [4.69, 9.17) is 14.2 Å². The van der Waals surface area contributed by atoms with Crippen molar-refractivity contribution < 1.29 is 27.8 Å². The highest BCUT2D eigenvalue weighted by Crippen LogP contribution is 2.48.